The topological polar surface area (TPSA) is 86.7 Å². The van der Waals surface area contributed by atoms with Gasteiger partial charge in [-0.05, 0) is 55.8 Å². The Bertz CT molecular complexity index is 1030. The quantitative estimate of drug-likeness (QED) is 0.298. The molecule has 2 rings (SSSR count). The van der Waals surface area contributed by atoms with Crippen LogP contribution in [0.25, 0.3) is 0 Å². The molecule has 0 bridgehead atoms. The third-order valence-electron chi connectivity index (χ3n) is 4.00. The molecule has 0 unspecified atom stereocenters. The minimum absolute atomic E-state index is 0.00462. The summed E-state index contributed by atoms with van der Waals surface area (Å²) in [6.45, 7) is 3.22. The number of benzene rings is 2. The van der Waals surface area contributed by atoms with Crippen LogP contribution in [0, 0.1) is 24.7 Å². The number of ketones is 4. The predicted molar refractivity (Wildman–Crippen MR) is 125 cm³/mol. The number of terminal acetylenes is 2. The van der Waals surface area contributed by atoms with Gasteiger partial charge in [-0.3, -0.25) is 19.2 Å². The van der Waals surface area contributed by atoms with Gasteiger partial charge < -0.3 is 9.47 Å². The first-order valence-electron chi connectivity index (χ1n) is 10.1. The molecule has 0 atom stereocenters. The Morgan fingerprint density at radius 1 is 0.727 bits per heavy atom. The summed E-state index contributed by atoms with van der Waals surface area (Å²) in [5.74, 6) is 5.49. The van der Waals surface area contributed by atoms with Crippen molar-refractivity contribution in [1.29, 1.82) is 0 Å². The molecule has 33 heavy (non-hydrogen) atoms. The summed E-state index contributed by atoms with van der Waals surface area (Å²) in [5.41, 5.74) is 1.37. The number of carbonyl (C=O) groups is 4. The third kappa shape index (κ3) is 11.7. The second kappa shape index (κ2) is 14.8. The largest absolute Gasteiger partial charge is 0.481 e. The first-order chi connectivity index (χ1) is 15.7. The maximum absolute atomic E-state index is 11.5. The van der Waals surface area contributed by atoms with Crippen molar-refractivity contribution in [2.75, 3.05) is 13.2 Å². The van der Waals surface area contributed by atoms with E-state index < -0.39 is 0 Å². The van der Waals surface area contributed by atoms with Crippen molar-refractivity contribution in [2.24, 2.45) is 0 Å². The molecule has 6 nitrogen and oxygen atoms in total. The zero-order chi connectivity index (χ0) is 24.6. The number of hydrogen-bond acceptors (Lipinski definition) is 6. The number of Topliss-reactive ketones (excluding diaryl/α,β-unsaturated/α-hetero) is 4. The van der Waals surface area contributed by atoms with Crippen LogP contribution in [0.1, 0.15) is 42.6 Å². The lowest BCUT2D eigenvalue weighted by Crippen LogP contribution is -2.07. The molecule has 170 valence electrons. The highest BCUT2D eigenvalue weighted by molar-refractivity contribution is 6.07. The van der Waals surface area contributed by atoms with E-state index in [2.05, 4.69) is 11.8 Å². The second-order valence-electron chi connectivity index (χ2n) is 7.05. The molecule has 0 spiro atoms. The molecular formula is C27H26O6. The fraction of sp³-hybridized carbons (Fsp3) is 0.259. The standard InChI is InChI=1S/C14H14O3.C13H12O3/c1-3-8-17-14-6-4-12(5-7-14)10-13(16)9-11(2)15;1-3-8-16-12-6-4-11(5-7-12)13(15)9-10(2)14/h1,4-7H,8-10H2,2H3;1,4-7H,8-9H2,2H3. The summed E-state index contributed by atoms with van der Waals surface area (Å²) in [7, 11) is 0. The molecule has 0 N–H and O–H groups in total. The van der Waals surface area contributed by atoms with Crippen LogP contribution >= 0.6 is 0 Å². The highest BCUT2D eigenvalue weighted by Crippen LogP contribution is 2.14. The maximum Gasteiger partial charge on any atom is 0.170 e. The molecule has 0 aliphatic carbocycles. The van der Waals surface area contributed by atoms with E-state index in [1.165, 1.54) is 13.8 Å². The Labute approximate surface area is 194 Å². The Morgan fingerprint density at radius 3 is 1.61 bits per heavy atom. The van der Waals surface area contributed by atoms with E-state index in [0.717, 1.165) is 5.56 Å². The minimum Gasteiger partial charge on any atom is -0.481 e. The van der Waals surface area contributed by atoms with Crippen molar-refractivity contribution in [3.63, 3.8) is 0 Å². The number of hydrogen-bond donors (Lipinski definition) is 0. The zero-order valence-corrected chi connectivity index (χ0v) is 18.8. The van der Waals surface area contributed by atoms with Crippen LogP contribution in [0.15, 0.2) is 48.5 Å². The van der Waals surface area contributed by atoms with Crippen LogP contribution in [0.4, 0.5) is 0 Å². The van der Waals surface area contributed by atoms with Crippen LogP contribution in [0.3, 0.4) is 0 Å². The van der Waals surface area contributed by atoms with Crippen LogP contribution in [0.2, 0.25) is 0 Å². The predicted octanol–water partition coefficient (Wildman–Crippen LogP) is 3.65. The Morgan fingerprint density at radius 2 is 1.18 bits per heavy atom. The molecule has 0 saturated carbocycles. The van der Waals surface area contributed by atoms with Gasteiger partial charge in [-0.2, -0.15) is 0 Å². The fourth-order valence-corrected chi connectivity index (χ4v) is 2.59. The SMILES string of the molecule is C#CCOc1ccc(C(=O)CC(C)=O)cc1.C#CCOc1ccc(CC(=O)CC(C)=O)cc1. The van der Waals surface area contributed by atoms with Gasteiger partial charge in [0.05, 0.1) is 12.8 Å². The van der Waals surface area contributed by atoms with Gasteiger partial charge in [0.2, 0.25) is 0 Å². The number of rotatable bonds is 11. The van der Waals surface area contributed by atoms with Crippen molar-refractivity contribution >= 4 is 23.1 Å². The molecular weight excluding hydrogens is 420 g/mol. The molecule has 0 amide bonds. The summed E-state index contributed by atoms with van der Waals surface area (Å²) in [6.07, 6.45) is 10.3. The van der Waals surface area contributed by atoms with E-state index in [1.54, 1.807) is 48.5 Å². The van der Waals surface area contributed by atoms with Crippen molar-refractivity contribution < 1.29 is 28.7 Å². The van der Waals surface area contributed by atoms with Gasteiger partial charge in [0.15, 0.2) is 5.78 Å². The van der Waals surface area contributed by atoms with Gasteiger partial charge in [-0.15, -0.1) is 12.8 Å². The van der Waals surface area contributed by atoms with E-state index in [4.69, 9.17) is 22.3 Å². The molecule has 6 heteroatoms. The lowest BCUT2D eigenvalue weighted by Gasteiger charge is -2.03. The molecule has 0 aliphatic rings. The van der Waals surface area contributed by atoms with Gasteiger partial charge in [0, 0.05) is 12.0 Å². The smallest absolute Gasteiger partial charge is 0.170 e. The van der Waals surface area contributed by atoms with Crippen LogP contribution < -0.4 is 9.47 Å². The van der Waals surface area contributed by atoms with Crippen LogP contribution in [0.5, 0.6) is 11.5 Å². The van der Waals surface area contributed by atoms with Gasteiger partial charge in [0.1, 0.15) is 42.1 Å². The molecule has 0 heterocycles. The molecule has 0 aromatic heterocycles. The lowest BCUT2D eigenvalue weighted by molar-refractivity contribution is -0.125. The fourth-order valence-electron chi connectivity index (χ4n) is 2.59. The van der Waals surface area contributed by atoms with Crippen molar-refractivity contribution in [2.45, 2.75) is 33.1 Å². The highest BCUT2D eigenvalue weighted by atomic mass is 16.5. The summed E-state index contributed by atoms with van der Waals surface area (Å²) < 4.78 is 10.4. The van der Waals surface area contributed by atoms with Crippen LogP contribution in [-0.4, -0.2) is 36.3 Å². The summed E-state index contributed by atoms with van der Waals surface area (Å²) in [4.78, 5) is 44.4. The van der Waals surface area contributed by atoms with Crippen molar-refractivity contribution in [1.82, 2.24) is 0 Å². The van der Waals surface area contributed by atoms with Crippen LogP contribution in [-0.2, 0) is 20.8 Å². The average molecular weight is 446 g/mol. The van der Waals surface area contributed by atoms with Crippen molar-refractivity contribution in [3.05, 3.63) is 59.7 Å². The summed E-state index contributed by atoms with van der Waals surface area (Å²) in [6, 6.07) is 13.7. The Kier molecular flexibility index (Phi) is 12.0. The molecule has 2 aromatic carbocycles. The minimum atomic E-state index is -0.184. The first-order valence-corrected chi connectivity index (χ1v) is 10.1. The maximum atomic E-state index is 11.5. The van der Waals surface area contributed by atoms with E-state index in [9.17, 15) is 19.2 Å². The van der Waals surface area contributed by atoms with Crippen molar-refractivity contribution in [3.8, 4) is 36.2 Å². The summed E-state index contributed by atoms with van der Waals surface area (Å²) in [5, 5.41) is 0. The Balaban J connectivity index is 0.000000331. The summed E-state index contributed by atoms with van der Waals surface area (Å²) >= 11 is 0. The number of ether oxygens (including phenoxy) is 2. The average Bonchev–Trinajstić information content (AvgIpc) is 2.77. The molecule has 0 aliphatic heterocycles. The van der Waals surface area contributed by atoms with E-state index in [-0.39, 0.29) is 55.6 Å². The number of carbonyl (C=O) groups excluding carboxylic acids is 4. The van der Waals surface area contributed by atoms with Gasteiger partial charge in [-0.25, -0.2) is 0 Å². The first kappa shape index (κ1) is 26.9. The van der Waals surface area contributed by atoms with E-state index in [0.29, 0.717) is 17.1 Å². The molecule has 0 fully saturated rings. The van der Waals surface area contributed by atoms with E-state index in [1.807, 2.05) is 0 Å². The highest BCUT2D eigenvalue weighted by Gasteiger charge is 2.08. The van der Waals surface area contributed by atoms with Gasteiger partial charge >= 0.3 is 0 Å². The second-order valence-corrected chi connectivity index (χ2v) is 7.05. The normalized spacial score (nSPS) is 9.33. The molecule has 2 aromatic rings. The van der Waals surface area contributed by atoms with Gasteiger partial charge in [-0.1, -0.05) is 24.0 Å². The van der Waals surface area contributed by atoms with E-state index >= 15 is 0 Å². The third-order valence-corrected chi connectivity index (χ3v) is 4.00. The molecule has 0 saturated heterocycles. The lowest BCUT2D eigenvalue weighted by atomic mass is 10.1. The Hall–Kier alpha value is -4.16. The molecule has 0 radical (unpaired) electrons. The monoisotopic (exact) mass is 446 g/mol. The van der Waals surface area contributed by atoms with Gasteiger partial charge in [0.25, 0.3) is 0 Å². The zero-order valence-electron chi connectivity index (χ0n) is 18.8.